The van der Waals surface area contributed by atoms with E-state index in [2.05, 4.69) is 185 Å². The van der Waals surface area contributed by atoms with E-state index in [0.717, 1.165) is 44.6 Å². The maximum Gasteiger partial charge on any atom is 0.136 e. The van der Waals surface area contributed by atoms with Crippen molar-refractivity contribution in [2.75, 3.05) is 4.90 Å². The normalized spacial score (nSPS) is 13.4. The monoisotopic (exact) mass is 659 g/mol. The zero-order valence-corrected chi connectivity index (χ0v) is 29.9. The molecule has 7 aromatic carbocycles. The third-order valence-corrected chi connectivity index (χ3v) is 10.9. The fourth-order valence-electron chi connectivity index (χ4n) is 8.03. The summed E-state index contributed by atoms with van der Waals surface area (Å²) < 4.78 is 6.19. The van der Waals surface area contributed by atoms with E-state index in [9.17, 15) is 0 Å². The standard InChI is InChI=1S/C49H41NO/c1-48(2,3)35-23-28-40-42-30-34(22-29-43(42)49(4,5)44(40)31-35)32-18-24-37(25-19-32)50(36-12-7-6-8-13-36)38-26-20-33(21-27-38)39-15-11-17-46-47(39)41-14-9-10-16-45(41)51-46/h6-31H,1-5H3. The number of furan rings is 1. The molecule has 0 atom stereocenters. The first-order valence-corrected chi connectivity index (χ1v) is 17.9. The first-order chi connectivity index (χ1) is 24.7. The molecule has 0 spiro atoms. The Morgan fingerprint density at radius 3 is 1.82 bits per heavy atom. The topological polar surface area (TPSA) is 16.4 Å². The van der Waals surface area contributed by atoms with E-state index in [4.69, 9.17) is 4.42 Å². The van der Waals surface area contributed by atoms with Gasteiger partial charge in [-0.25, -0.2) is 0 Å². The van der Waals surface area contributed by atoms with Crippen LogP contribution in [0.3, 0.4) is 0 Å². The minimum absolute atomic E-state index is 0.0289. The molecule has 1 aromatic heterocycles. The number of hydrogen-bond acceptors (Lipinski definition) is 2. The van der Waals surface area contributed by atoms with Crippen LogP contribution in [0.2, 0.25) is 0 Å². The van der Waals surface area contributed by atoms with Crippen LogP contribution < -0.4 is 4.90 Å². The van der Waals surface area contributed by atoms with E-state index in [1.807, 2.05) is 12.1 Å². The molecule has 0 unspecified atom stereocenters. The van der Waals surface area contributed by atoms with Crippen molar-refractivity contribution < 1.29 is 4.42 Å². The molecular weight excluding hydrogens is 619 g/mol. The number of benzene rings is 7. The predicted molar refractivity (Wildman–Crippen MR) is 216 cm³/mol. The van der Waals surface area contributed by atoms with E-state index in [-0.39, 0.29) is 10.8 Å². The number of fused-ring (bicyclic) bond motifs is 6. The maximum absolute atomic E-state index is 6.19. The molecule has 1 aliphatic rings. The highest BCUT2D eigenvalue weighted by molar-refractivity contribution is 6.12. The van der Waals surface area contributed by atoms with E-state index >= 15 is 0 Å². The second kappa shape index (κ2) is 11.6. The van der Waals surface area contributed by atoms with Gasteiger partial charge in [-0.2, -0.15) is 0 Å². The van der Waals surface area contributed by atoms with Gasteiger partial charge in [-0.3, -0.25) is 0 Å². The molecule has 2 heteroatoms. The van der Waals surface area contributed by atoms with Crippen molar-refractivity contribution in [1.82, 2.24) is 0 Å². The zero-order valence-electron chi connectivity index (χ0n) is 29.9. The van der Waals surface area contributed by atoms with Crippen LogP contribution in [0.15, 0.2) is 162 Å². The second-order valence-electron chi connectivity index (χ2n) is 15.4. The number of nitrogens with zero attached hydrogens (tertiary/aromatic N) is 1. The minimum Gasteiger partial charge on any atom is -0.456 e. The Hall–Kier alpha value is -5.86. The maximum atomic E-state index is 6.19. The second-order valence-corrected chi connectivity index (χ2v) is 15.4. The highest BCUT2D eigenvalue weighted by Crippen LogP contribution is 2.51. The zero-order chi connectivity index (χ0) is 34.9. The number of anilines is 3. The summed E-state index contributed by atoms with van der Waals surface area (Å²) in [6, 6.07) is 57.3. The van der Waals surface area contributed by atoms with Crippen molar-refractivity contribution in [3.8, 4) is 33.4 Å². The third kappa shape index (κ3) is 5.17. The molecule has 0 saturated carbocycles. The summed E-state index contributed by atoms with van der Waals surface area (Å²) in [5.41, 5.74) is 17.0. The molecule has 8 aromatic rings. The van der Waals surface area contributed by atoms with Crippen LogP contribution >= 0.6 is 0 Å². The number of hydrogen-bond donors (Lipinski definition) is 0. The molecule has 0 amide bonds. The van der Waals surface area contributed by atoms with Crippen LogP contribution in [0, 0.1) is 0 Å². The quantitative estimate of drug-likeness (QED) is 0.183. The molecule has 0 saturated heterocycles. The Labute approximate surface area is 300 Å². The largest absolute Gasteiger partial charge is 0.456 e. The van der Waals surface area contributed by atoms with Gasteiger partial charge in [0.15, 0.2) is 0 Å². The van der Waals surface area contributed by atoms with Gasteiger partial charge in [0.1, 0.15) is 11.2 Å². The molecular formula is C49H41NO. The van der Waals surface area contributed by atoms with Crippen LogP contribution in [-0.4, -0.2) is 0 Å². The summed E-state index contributed by atoms with van der Waals surface area (Å²) in [4.78, 5) is 2.33. The summed E-state index contributed by atoms with van der Waals surface area (Å²) in [5.74, 6) is 0. The minimum atomic E-state index is -0.0289. The van der Waals surface area contributed by atoms with Gasteiger partial charge in [-0.05, 0) is 110 Å². The molecule has 9 rings (SSSR count). The summed E-state index contributed by atoms with van der Waals surface area (Å²) in [6.07, 6.45) is 0. The highest BCUT2D eigenvalue weighted by Gasteiger charge is 2.36. The summed E-state index contributed by atoms with van der Waals surface area (Å²) in [7, 11) is 0. The molecule has 0 radical (unpaired) electrons. The van der Waals surface area contributed by atoms with Crippen molar-refractivity contribution >= 4 is 39.0 Å². The molecule has 0 N–H and O–H groups in total. The molecule has 0 aliphatic heterocycles. The lowest BCUT2D eigenvalue weighted by molar-refractivity contribution is 0.584. The Balaban J connectivity index is 1.07. The lowest BCUT2D eigenvalue weighted by atomic mass is 9.79. The summed E-state index contributed by atoms with van der Waals surface area (Å²) in [5, 5.41) is 2.30. The van der Waals surface area contributed by atoms with Gasteiger partial charge in [0.05, 0.1) is 0 Å². The van der Waals surface area contributed by atoms with Gasteiger partial charge in [0.2, 0.25) is 0 Å². The van der Waals surface area contributed by atoms with Gasteiger partial charge < -0.3 is 9.32 Å². The summed E-state index contributed by atoms with van der Waals surface area (Å²) in [6.45, 7) is 11.6. The first-order valence-electron chi connectivity index (χ1n) is 17.9. The lowest BCUT2D eigenvalue weighted by Crippen LogP contribution is -2.17. The highest BCUT2D eigenvalue weighted by atomic mass is 16.3. The van der Waals surface area contributed by atoms with E-state index in [1.54, 1.807) is 0 Å². The van der Waals surface area contributed by atoms with Crippen molar-refractivity contribution in [2.45, 2.75) is 45.4 Å². The van der Waals surface area contributed by atoms with Gasteiger partial charge in [-0.1, -0.05) is 138 Å². The van der Waals surface area contributed by atoms with E-state index < -0.39 is 0 Å². The number of rotatable bonds is 5. The van der Waals surface area contributed by atoms with E-state index in [0.29, 0.717) is 0 Å². The van der Waals surface area contributed by atoms with Gasteiger partial charge >= 0.3 is 0 Å². The SMILES string of the molecule is CC(C)(C)c1ccc2c(c1)C(C)(C)c1ccc(-c3ccc(N(c4ccccc4)c4ccc(-c5cccc6oc7ccccc7c56)cc4)cc3)cc1-2. The van der Waals surface area contributed by atoms with Gasteiger partial charge in [0, 0.05) is 33.2 Å². The third-order valence-electron chi connectivity index (χ3n) is 10.9. The Morgan fingerprint density at radius 2 is 1.10 bits per heavy atom. The van der Waals surface area contributed by atoms with Crippen LogP contribution in [0.4, 0.5) is 17.1 Å². The smallest absolute Gasteiger partial charge is 0.136 e. The fraction of sp³-hybridized carbons (Fsp3) is 0.143. The molecule has 0 fully saturated rings. The van der Waals surface area contributed by atoms with Gasteiger partial charge in [-0.15, -0.1) is 0 Å². The first kappa shape index (κ1) is 31.1. The number of para-hydroxylation sites is 2. The predicted octanol–water partition coefficient (Wildman–Crippen LogP) is 14.0. The van der Waals surface area contributed by atoms with E-state index in [1.165, 1.54) is 44.5 Å². The lowest BCUT2D eigenvalue weighted by Gasteiger charge is -2.26. The molecule has 2 nitrogen and oxygen atoms in total. The Morgan fingerprint density at radius 1 is 0.471 bits per heavy atom. The Kier molecular flexibility index (Phi) is 7.09. The van der Waals surface area contributed by atoms with Crippen LogP contribution in [0.25, 0.3) is 55.3 Å². The average Bonchev–Trinajstić information content (AvgIpc) is 3.64. The summed E-state index contributed by atoms with van der Waals surface area (Å²) >= 11 is 0. The molecule has 51 heavy (non-hydrogen) atoms. The van der Waals surface area contributed by atoms with Crippen molar-refractivity contribution in [1.29, 1.82) is 0 Å². The molecule has 1 aliphatic carbocycles. The van der Waals surface area contributed by atoms with Crippen LogP contribution in [-0.2, 0) is 10.8 Å². The van der Waals surface area contributed by atoms with Crippen LogP contribution in [0.1, 0.15) is 51.3 Å². The molecule has 1 heterocycles. The van der Waals surface area contributed by atoms with Gasteiger partial charge in [0.25, 0.3) is 0 Å². The van der Waals surface area contributed by atoms with Crippen molar-refractivity contribution in [2.24, 2.45) is 0 Å². The van der Waals surface area contributed by atoms with Crippen molar-refractivity contribution in [3.63, 3.8) is 0 Å². The Bertz CT molecular complexity index is 2560. The average molecular weight is 660 g/mol. The van der Waals surface area contributed by atoms with Crippen LogP contribution in [0.5, 0.6) is 0 Å². The molecule has 0 bridgehead atoms. The van der Waals surface area contributed by atoms with Crippen molar-refractivity contribution in [3.05, 3.63) is 174 Å². The molecule has 248 valence electrons. The fourth-order valence-corrected chi connectivity index (χ4v) is 8.03.